The topological polar surface area (TPSA) is 55.8 Å². The molecule has 0 radical (unpaired) electrons. The standard InChI is InChI=1S/C31H38O4/c1-7-30(33,8-2)18-17-24-11-12-25(19-22(24)5)31(9-3,10-4)26-13-15-28(23(6)20-26)34-21-27-14-16-29(32)35-27/h11-15,19-20,33H,7-10,16,21H2,1-6H3. The number of esters is 1. The summed E-state index contributed by atoms with van der Waals surface area (Å²) >= 11 is 0. The van der Waals surface area contributed by atoms with E-state index in [-0.39, 0.29) is 18.0 Å². The highest BCUT2D eigenvalue weighted by atomic mass is 16.6. The molecular formula is C31H38O4. The summed E-state index contributed by atoms with van der Waals surface area (Å²) in [6.45, 7) is 12.8. The fourth-order valence-corrected chi connectivity index (χ4v) is 4.72. The summed E-state index contributed by atoms with van der Waals surface area (Å²) in [5, 5.41) is 10.5. The van der Waals surface area contributed by atoms with Crippen LogP contribution in [-0.2, 0) is 14.9 Å². The van der Waals surface area contributed by atoms with Crippen molar-refractivity contribution < 1.29 is 19.4 Å². The van der Waals surface area contributed by atoms with Crippen LogP contribution in [-0.4, -0.2) is 23.3 Å². The van der Waals surface area contributed by atoms with Gasteiger partial charge in [-0.25, -0.2) is 0 Å². The number of aliphatic hydroxyl groups is 1. The lowest BCUT2D eigenvalue weighted by atomic mass is 9.70. The van der Waals surface area contributed by atoms with Gasteiger partial charge in [-0.15, -0.1) is 0 Å². The Kier molecular flexibility index (Phi) is 8.46. The van der Waals surface area contributed by atoms with E-state index in [1.165, 1.54) is 11.1 Å². The molecule has 186 valence electrons. The molecule has 35 heavy (non-hydrogen) atoms. The van der Waals surface area contributed by atoms with Crippen LogP contribution >= 0.6 is 0 Å². The maximum absolute atomic E-state index is 11.3. The van der Waals surface area contributed by atoms with Gasteiger partial charge in [-0.1, -0.05) is 63.8 Å². The minimum atomic E-state index is -0.932. The van der Waals surface area contributed by atoms with Crippen LogP contribution in [0.3, 0.4) is 0 Å². The molecule has 0 atom stereocenters. The lowest BCUT2D eigenvalue weighted by Crippen LogP contribution is -2.26. The molecule has 0 spiro atoms. The van der Waals surface area contributed by atoms with Crippen molar-refractivity contribution in [3.05, 3.63) is 76.1 Å². The van der Waals surface area contributed by atoms with E-state index in [0.29, 0.717) is 25.0 Å². The predicted molar refractivity (Wildman–Crippen MR) is 140 cm³/mol. The molecule has 3 rings (SSSR count). The minimum Gasteiger partial charge on any atom is -0.485 e. The third-order valence-corrected chi connectivity index (χ3v) is 7.42. The molecule has 0 aromatic heterocycles. The number of cyclic esters (lactones) is 1. The number of benzene rings is 2. The first kappa shape index (κ1) is 26.6. The Hall–Kier alpha value is -3.03. The van der Waals surface area contributed by atoms with Gasteiger partial charge in [0.05, 0.1) is 6.42 Å². The number of hydrogen-bond acceptors (Lipinski definition) is 4. The summed E-state index contributed by atoms with van der Waals surface area (Å²) < 4.78 is 11.1. The Morgan fingerprint density at radius 2 is 1.57 bits per heavy atom. The highest BCUT2D eigenvalue weighted by Gasteiger charge is 2.31. The summed E-state index contributed by atoms with van der Waals surface area (Å²) in [6, 6.07) is 12.9. The van der Waals surface area contributed by atoms with Crippen molar-refractivity contribution in [3.8, 4) is 17.6 Å². The second-order valence-corrected chi connectivity index (χ2v) is 9.43. The van der Waals surface area contributed by atoms with Gasteiger partial charge in [-0.2, -0.15) is 0 Å². The van der Waals surface area contributed by atoms with Crippen LogP contribution < -0.4 is 4.74 Å². The molecule has 0 fully saturated rings. The maximum Gasteiger partial charge on any atom is 0.314 e. The summed E-state index contributed by atoms with van der Waals surface area (Å²) in [5.41, 5.74) is 4.59. The van der Waals surface area contributed by atoms with Crippen molar-refractivity contribution in [1.29, 1.82) is 0 Å². The lowest BCUT2D eigenvalue weighted by molar-refractivity contribution is -0.136. The van der Waals surface area contributed by atoms with Crippen molar-refractivity contribution >= 4 is 5.97 Å². The third kappa shape index (κ3) is 5.80. The fraction of sp³-hybridized carbons (Fsp3) is 0.452. The van der Waals surface area contributed by atoms with Gasteiger partial charge in [-0.3, -0.25) is 4.79 Å². The van der Waals surface area contributed by atoms with Gasteiger partial charge in [0.2, 0.25) is 0 Å². The van der Waals surface area contributed by atoms with Crippen LogP contribution in [0.2, 0.25) is 0 Å². The molecule has 1 aliphatic heterocycles. The van der Waals surface area contributed by atoms with Crippen molar-refractivity contribution in [2.24, 2.45) is 0 Å². The molecule has 4 heteroatoms. The number of rotatable bonds is 9. The second kappa shape index (κ2) is 11.1. The average Bonchev–Trinajstić information content (AvgIpc) is 3.28. The van der Waals surface area contributed by atoms with Gasteiger partial charge in [0.15, 0.2) is 0 Å². The molecule has 0 aliphatic carbocycles. The van der Waals surface area contributed by atoms with Gasteiger partial charge in [0, 0.05) is 11.0 Å². The first-order chi connectivity index (χ1) is 16.7. The van der Waals surface area contributed by atoms with Crippen LogP contribution in [0.4, 0.5) is 0 Å². The number of aryl methyl sites for hydroxylation is 2. The quantitative estimate of drug-likeness (QED) is 0.332. The zero-order valence-corrected chi connectivity index (χ0v) is 22.0. The SMILES string of the molecule is CCC(O)(C#Cc1ccc(C(CC)(CC)c2ccc(OCC3=CCC(=O)O3)c(C)c2)cc1C)CC. The van der Waals surface area contributed by atoms with Crippen LogP contribution in [0.1, 0.15) is 87.6 Å². The predicted octanol–water partition coefficient (Wildman–Crippen LogP) is 6.52. The smallest absolute Gasteiger partial charge is 0.314 e. The van der Waals surface area contributed by atoms with E-state index < -0.39 is 5.60 Å². The van der Waals surface area contributed by atoms with E-state index in [0.717, 1.165) is 35.3 Å². The van der Waals surface area contributed by atoms with Crippen LogP contribution in [0, 0.1) is 25.7 Å². The van der Waals surface area contributed by atoms with Gasteiger partial charge >= 0.3 is 5.97 Å². The molecule has 4 nitrogen and oxygen atoms in total. The Labute approximate surface area is 210 Å². The molecule has 2 aromatic rings. The van der Waals surface area contributed by atoms with E-state index in [2.05, 4.69) is 69.9 Å². The number of carbonyl (C=O) groups is 1. The summed E-state index contributed by atoms with van der Waals surface area (Å²) in [5.74, 6) is 7.43. The number of ether oxygens (including phenoxy) is 2. The van der Waals surface area contributed by atoms with Gasteiger partial charge < -0.3 is 14.6 Å². The summed E-state index contributed by atoms with van der Waals surface area (Å²) in [6.07, 6.45) is 5.23. The highest BCUT2D eigenvalue weighted by Crippen LogP contribution is 2.41. The molecule has 2 aromatic carbocycles. The highest BCUT2D eigenvalue weighted by molar-refractivity contribution is 5.75. The van der Waals surface area contributed by atoms with Crippen LogP contribution in [0.25, 0.3) is 0 Å². The van der Waals surface area contributed by atoms with E-state index in [1.807, 2.05) is 19.9 Å². The number of carbonyl (C=O) groups excluding carboxylic acids is 1. The first-order valence-corrected chi connectivity index (χ1v) is 12.7. The van der Waals surface area contributed by atoms with Crippen molar-refractivity contribution in [1.82, 2.24) is 0 Å². The van der Waals surface area contributed by atoms with E-state index in [1.54, 1.807) is 6.08 Å². The average molecular weight is 475 g/mol. The van der Waals surface area contributed by atoms with Crippen molar-refractivity contribution in [2.75, 3.05) is 6.61 Å². The molecule has 1 aliphatic rings. The summed E-state index contributed by atoms with van der Waals surface area (Å²) in [4.78, 5) is 11.3. The maximum atomic E-state index is 11.3. The number of hydrogen-bond donors (Lipinski definition) is 1. The lowest BCUT2D eigenvalue weighted by Gasteiger charge is -2.34. The normalized spacial score (nSPS) is 13.7. The van der Waals surface area contributed by atoms with Crippen LogP contribution in [0.5, 0.6) is 5.75 Å². The Morgan fingerprint density at radius 1 is 0.943 bits per heavy atom. The van der Waals surface area contributed by atoms with Crippen LogP contribution in [0.15, 0.2) is 48.2 Å². The fourth-order valence-electron chi connectivity index (χ4n) is 4.72. The Bertz CT molecular complexity index is 1150. The first-order valence-electron chi connectivity index (χ1n) is 12.7. The molecule has 0 amide bonds. The monoisotopic (exact) mass is 474 g/mol. The van der Waals surface area contributed by atoms with E-state index >= 15 is 0 Å². The largest absolute Gasteiger partial charge is 0.485 e. The minimum absolute atomic E-state index is 0.128. The third-order valence-electron chi connectivity index (χ3n) is 7.42. The van der Waals surface area contributed by atoms with Crippen molar-refractivity contribution in [2.45, 2.75) is 84.7 Å². The van der Waals surface area contributed by atoms with Gasteiger partial charge in [-0.05, 0) is 80.0 Å². The van der Waals surface area contributed by atoms with Gasteiger partial charge in [0.1, 0.15) is 23.7 Å². The molecule has 1 heterocycles. The van der Waals surface area contributed by atoms with E-state index in [4.69, 9.17) is 9.47 Å². The molecule has 0 unspecified atom stereocenters. The molecule has 0 bridgehead atoms. The molecule has 1 N–H and O–H groups in total. The van der Waals surface area contributed by atoms with E-state index in [9.17, 15) is 9.90 Å². The van der Waals surface area contributed by atoms with Crippen molar-refractivity contribution in [3.63, 3.8) is 0 Å². The second-order valence-electron chi connectivity index (χ2n) is 9.43. The zero-order chi connectivity index (χ0) is 25.6. The molecule has 0 saturated heterocycles. The zero-order valence-electron chi connectivity index (χ0n) is 22.0. The summed E-state index contributed by atoms with van der Waals surface area (Å²) in [7, 11) is 0. The Balaban J connectivity index is 1.89. The Morgan fingerprint density at radius 3 is 2.09 bits per heavy atom. The molecule has 0 saturated carbocycles. The van der Waals surface area contributed by atoms with Gasteiger partial charge in [0.25, 0.3) is 0 Å². The molecular weight excluding hydrogens is 436 g/mol.